The second kappa shape index (κ2) is 7.56. The minimum Gasteiger partial charge on any atom is -0.389 e. The lowest BCUT2D eigenvalue weighted by atomic mass is 10.1. The van der Waals surface area contributed by atoms with Crippen LogP contribution in [-0.4, -0.2) is 27.3 Å². The first-order valence-electron chi connectivity index (χ1n) is 6.30. The number of benzene rings is 1. The molecule has 0 saturated carbocycles. The number of alkyl halides is 1. The van der Waals surface area contributed by atoms with E-state index in [2.05, 4.69) is 0 Å². The molecule has 0 fully saturated rings. The van der Waals surface area contributed by atoms with Gasteiger partial charge in [0.2, 0.25) is 0 Å². The predicted octanol–water partition coefficient (Wildman–Crippen LogP) is 3.16. The first kappa shape index (κ1) is 16.1. The number of rotatable bonds is 6. The van der Waals surface area contributed by atoms with E-state index >= 15 is 0 Å². The summed E-state index contributed by atoms with van der Waals surface area (Å²) in [6, 6.07) is 7.28. The highest BCUT2D eigenvalue weighted by Gasteiger charge is 2.25. The largest absolute Gasteiger partial charge is 0.389 e. The molecule has 1 rings (SSSR count). The van der Waals surface area contributed by atoms with E-state index in [4.69, 9.17) is 0 Å². The summed E-state index contributed by atoms with van der Waals surface area (Å²) in [4.78, 5) is 0.630. The molecule has 0 amide bonds. The van der Waals surface area contributed by atoms with Crippen molar-refractivity contribution < 1.29 is 13.7 Å². The van der Waals surface area contributed by atoms with E-state index < -0.39 is 28.8 Å². The quantitative estimate of drug-likeness (QED) is 0.815. The SMILES string of the molecule is CC(C)=CC[C@@H]([C@@H](O)CF)S(=O)c1ccc(C)cc1. The van der Waals surface area contributed by atoms with Gasteiger partial charge < -0.3 is 5.11 Å². The highest BCUT2D eigenvalue weighted by atomic mass is 32.2. The van der Waals surface area contributed by atoms with Crippen LogP contribution < -0.4 is 0 Å². The van der Waals surface area contributed by atoms with Crippen LogP contribution in [0, 0.1) is 6.92 Å². The van der Waals surface area contributed by atoms with E-state index in [0.717, 1.165) is 11.1 Å². The van der Waals surface area contributed by atoms with Gasteiger partial charge in [0.25, 0.3) is 0 Å². The van der Waals surface area contributed by atoms with Crippen molar-refractivity contribution in [3.05, 3.63) is 41.5 Å². The predicted molar refractivity (Wildman–Crippen MR) is 77.4 cm³/mol. The summed E-state index contributed by atoms with van der Waals surface area (Å²) in [5.74, 6) is 0. The molecule has 0 aliphatic heterocycles. The van der Waals surface area contributed by atoms with Crippen molar-refractivity contribution in [2.45, 2.75) is 43.4 Å². The van der Waals surface area contributed by atoms with Crippen LogP contribution in [0.4, 0.5) is 4.39 Å². The normalized spacial score (nSPS) is 15.6. The van der Waals surface area contributed by atoms with Crippen LogP contribution in [0.5, 0.6) is 0 Å². The van der Waals surface area contributed by atoms with Gasteiger partial charge in [-0.05, 0) is 39.3 Å². The molecule has 1 unspecified atom stereocenters. The van der Waals surface area contributed by atoms with Crippen molar-refractivity contribution in [3.63, 3.8) is 0 Å². The van der Waals surface area contributed by atoms with Gasteiger partial charge in [-0.25, -0.2) is 4.39 Å². The molecule has 0 heterocycles. The van der Waals surface area contributed by atoms with Gasteiger partial charge in [-0.2, -0.15) is 0 Å². The third-order valence-electron chi connectivity index (χ3n) is 2.87. The van der Waals surface area contributed by atoms with Gasteiger partial charge in [0.05, 0.1) is 22.2 Å². The van der Waals surface area contributed by atoms with Gasteiger partial charge >= 0.3 is 0 Å². The number of halogens is 1. The fraction of sp³-hybridized carbons (Fsp3) is 0.467. The van der Waals surface area contributed by atoms with Crippen molar-refractivity contribution in [3.8, 4) is 0 Å². The Hall–Kier alpha value is -1.00. The molecule has 0 radical (unpaired) electrons. The zero-order valence-corrected chi connectivity index (χ0v) is 12.4. The van der Waals surface area contributed by atoms with Crippen LogP contribution in [0.25, 0.3) is 0 Å². The van der Waals surface area contributed by atoms with Gasteiger partial charge in [-0.15, -0.1) is 0 Å². The Kier molecular flexibility index (Phi) is 6.38. The fourth-order valence-electron chi connectivity index (χ4n) is 1.69. The molecule has 106 valence electrons. The Morgan fingerprint density at radius 3 is 2.42 bits per heavy atom. The molecule has 1 N–H and O–H groups in total. The molecule has 0 spiro atoms. The number of aliphatic hydroxyl groups excluding tert-OH is 1. The number of aryl methyl sites for hydroxylation is 1. The van der Waals surface area contributed by atoms with E-state index in [9.17, 15) is 13.7 Å². The molecule has 2 nitrogen and oxygen atoms in total. The Bertz CT molecular complexity index is 450. The van der Waals surface area contributed by atoms with Gasteiger partial charge in [-0.1, -0.05) is 29.3 Å². The summed E-state index contributed by atoms with van der Waals surface area (Å²) >= 11 is 0. The first-order valence-corrected chi connectivity index (χ1v) is 7.51. The summed E-state index contributed by atoms with van der Waals surface area (Å²) in [5, 5.41) is 9.11. The van der Waals surface area contributed by atoms with Crippen molar-refractivity contribution in [2.24, 2.45) is 0 Å². The Labute approximate surface area is 116 Å². The molecule has 0 aliphatic rings. The Balaban J connectivity index is 2.93. The van der Waals surface area contributed by atoms with E-state index in [-0.39, 0.29) is 0 Å². The minimum absolute atomic E-state index is 0.411. The zero-order valence-electron chi connectivity index (χ0n) is 11.6. The third kappa shape index (κ3) is 4.88. The van der Waals surface area contributed by atoms with Gasteiger partial charge in [0, 0.05) is 4.90 Å². The minimum atomic E-state index is -1.41. The first-order chi connectivity index (χ1) is 8.95. The summed E-state index contributed by atoms with van der Waals surface area (Å²) < 4.78 is 25.1. The molecule has 1 aromatic rings. The van der Waals surface area contributed by atoms with Crippen molar-refractivity contribution >= 4 is 10.8 Å². The van der Waals surface area contributed by atoms with Crippen LogP contribution in [0.15, 0.2) is 40.8 Å². The van der Waals surface area contributed by atoms with Gasteiger partial charge in [-0.3, -0.25) is 4.21 Å². The van der Waals surface area contributed by atoms with Gasteiger partial charge in [0.15, 0.2) is 0 Å². The van der Waals surface area contributed by atoms with Crippen molar-refractivity contribution in [2.75, 3.05) is 6.67 Å². The number of hydrogen-bond acceptors (Lipinski definition) is 2. The molecule has 0 aliphatic carbocycles. The lowest BCUT2D eigenvalue weighted by molar-refractivity contribution is 0.136. The van der Waals surface area contributed by atoms with Crippen LogP contribution in [0.3, 0.4) is 0 Å². The summed E-state index contributed by atoms with van der Waals surface area (Å²) in [6.07, 6.45) is 1.10. The molecular weight excluding hydrogens is 263 g/mol. The molecule has 19 heavy (non-hydrogen) atoms. The van der Waals surface area contributed by atoms with Gasteiger partial charge in [0.1, 0.15) is 6.67 Å². The van der Waals surface area contributed by atoms with Crippen molar-refractivity contribution in [1.82, 2.24) is 0 Å². The second-order valence-electron chi connectivity index (χ2n) is 4.89. The van der Waals surface area contributed by atoms with E-state index in [1.165, 1.54) is 0 Å². The van der Waals surface area contributed by atoms with Crippen LogP contribution in [0.2, 0.25) is 0 Å². The molecule has 1 aromatic carbocycles. The smallest absolute Gasteiger partial charge is 0.116 e. The summed E-state index contributed by atoms with van der Waals surface area (Å²) in [5.41, 5.74) is 2.14. The lowest BCUT2D eigenvalue weighted by Crippen LogP contribution is -2.31. The van der Waals surface area contributed by atoms with Crippen molar-refractivity contribution in [1.29, 1.82) is 0 Å². The van der Waals surface area contributed by atoms with E-state index in [1.54, 1.807) is 12.1 Å². The summed E-state index contributed by atoms with van der Waals surface area (Å²) in [7, 11) is -1.41. The second-order valence-corrected chi connectivity index (χ2v) is 6.56. The zero-order chi connectivity index (χ0) is 14.4. The number of aliphatic hydroxyl groups is 1. The summed E-state index contributed by atoms with van der Waals surface area (Å²) in [6.45, 7) is 4.92. The third-order valence-corrected chi connectivity index (χ3v) is 4.67. The highest BCUT2D eigenvalue weighted by molar-refractivity contribution is 7.85. The maximum atomic E-state index is 12.7. The van der Waals surface area contributed by atoms with E-state index in [1.807, 2.05) is 39.0 Å². The maximum Gasteiger partial charge on any atom is 0.116 e. The monoisotopic (exact) mass is 284 g/mol. The highest BCUT2D eigenvalue weighted by Crippen LogP contribution is 2.19. The maximum absolute atomic E-state index is 12.7. The Morgan fingerprint density at radius 1 is 1.37 bits per heavy atom. The average Bonchev–Trinajstić information content (AvgIpc) is 2.38. The van der Waals surface area contributed by atoms with Crippen LogP contribution in [-0.2, 0) is 10.8 Å². The standard InChI is InChI=1S/C15H21FO2S/c1-11(2)4-9-15(14(17)10-16)19(18)13-7-5-12(3)6-8-13/h4-8,14-15,17H,9-10H2,1-3H3/t14-,15-,19?/m0/s1. The topological polar surface area (TPSA) is 37.3 Å². The molecule has 0 aromatic heterocycles. The van der Waals surface area contributed by atoms with Crippen LogP contribution in [0.1, 0.15) is 25.8 Å². The number of hydrogen-bond donors (Lipinski definition) is 1. The molecular formula is C15H21FO2S. The van der Waals surface area contributed by atoms with Crippen LogP contribution >= 0.6 is 0 Å². The van der Waals surface area contributed by atoms with E-state index in [0.29, 0.717) is 11.3 Å². The molecule has 0 bridgehead atoms. The lowest BCUT2D eigenvalue weighted by Gasteiger charge is -2.19. The molecule has 3 atom stereocenters. The number of allylic oxidation sites excluding steroid dienone is 2. The Morgan fingerprint density at radius 2 is 1.95 bits per heavy atom. The molecule has 0 saturated heterocycles. The molecule has 4 heteroatoms. The average molecular weight is 284 g/mol. The fourth-order valence-corrected chi connectivity index (χ4v) is 3.07.